The van der Waals surface area contributed by atoms with Crippen LogP contribution in [-0.4, -0.2) is 22.2 Å². The first-order valence-electron chi connectivity index (χ1n) is 5.43. The van der Waals surface area contributed by atoms with Gasteiger partial charge in [0.2, 0.25) is 5.89 Å². The molecule has 6 heteroatoms. The standard InChI is InChI=1S/C11H15N5O/c1-8(12-2)10-15-16-11(17-10)14-7-9-4-3-5-13-6-9/h3-6,8,12H,7H2,1-2H3,(H,14,16). The van der Waals surface area contributed by atoms with Crippen molar-refractivity contribution in [2.75, 3.05) is 12.4 Å². The predicted molar refractivity (Wildman–Crippen MR) is 63.3 cm³/mol. The molecule has 1 unspecified atom stereocenters. The molecule has 0 bridgehead atoms. The van der Waals surface area contributed by atoms with E-state index in [0.717, 1.165) is 5.56 Å². The molecule has 6 nitrogen and oxygen atoms in total. The number of nitrogens with one attached hydrogen (secondary N) is 2. The van der Waals surface area contributed by atoms with E-state index in [1.165, 1.54) is 0 Å². The van der Waals surface area contributed by atoms with Crippen LogP contribution in [0.2, 0.25) is 0 Å². The van der Waals surface area contributed by atoms with Gasteiger partial charge in [-0.05, 0) is 25.6 Å². The number of anilines is 1. The van der Waals surface area contributed by atoms with Crippen LogP contribution in [0.3, 0.4) is 0 Å². The van der Waals surface area contributed by atoms with Crippen molar-refractivity contribution in [1.82, 2.24) is 20.5 Å². The summed E-state index contributed by atoms with van der Waals surface area (Å²) in [6, 6.07) is 4.34. The second-order valence-corrected chi connectivity index (χ2v) is 3.67. The number of nitrogens with zero attached hydrogens (tertiary/aromatic N) is 3. The number of hydrogen-bond donors (Lipinski definition) is 2. The van der Waals surface area contributed by atoms with Gasteiger partial charge in [0.25, 0.3) is 0 Å². The zero-order valence-corrected chi connectivity index (χ0v) is 9.84. The Morgan fingerprint density at radius 2 is 2.29 bits per heavy atom. The van der Waals surface area contributed by atoms with Gasteiger partial charge in [-0.25, -0.2) is 0 Å². The Hall–Kier alpha value is -1.95. The average Bonchev–Trinajstić information content (AvgIpc) is 2.85. The fourth-order valence-corrected chi connectivity index (χ4v) is 1.28. The topological polar surface area (TPSA) is 75.9 Å². The Balaban J connectivity index is 1.94. The summed E-state index contributed by atoms with van der Waals surface area (Å²) < 4.78 is 5.44. The minimum Gasteiger partial charge on any atom is -0.406 e. The maximum absolute atomic E-state index is 5.44. The van der Waals surface area contributed by atoms with Gasteiger partial charge in [0.05, 0.1) is 6.04 Å². The van der Waals surface area contributed by atoms with Gasteiger partial charge < -0.3 is 15.1 Å². The van der Waals surface area contributed by atoms with E-state index in [2.05, 4.69) is 25.8 Å². The molecular formula is C11H15N5O. The van der Waals surface area contributed by atoms with E-state index in [-0.39, 0.29) is 6.04 Å². The van der Waals surface area contributed by atoms with Crippen LogP contribution in [0.25, 0.3) is 0 Å². The molecule has 2 rings (SSSR count). The second kappa shape index (κ2) is 5.40. The van der Waals surface area contributed by atoms with E-state index in [1.54, 1.807) is 12.4 Å². The van der Waals surface area contributed by atoms with E-state index in [4.69, 9.17) is 4.42 Å². The molecule has 2 N–H and O–H groups in total. The van der Waals surface area contributed by atoms with Gasteiger partial charge in [0.15, 0.2) is 0 Å². The normalized spacial score (nSPS) is 12.4. The highest BCUT2D eigenvalue weighted by molar-refractivity contribution is 5.21. The lowest BCUT2D eigenvalue weighted by atomic mass is 10.3. The summed E-state index contributed by atoms with van der Waals surface area (Å²) in [6.45, 7) is 2.57. The highest BCUT2D eigenvalue weighted by Crippen LogP contribution is 2.13. The van der Waals surface area contributed by atoms with Crippen LogP contribution in [0.5, 0.6) is 0 Å². The van der Waals surface area contributed by atoms with Crippen LogP contribution in [0.4, 0.5) is 6.01 Å². The SMILES string of the molecule is CNC(C)c1nnc(NCc2cccnc2)o1. The fourth-order valence-electron chi connectivity index (χ4n) is 1.28. The first-order chi connectivity index (χ1) is 8.29. The van der Waals surface area contributed by atoms with Gasteiger partial charge in [-0.15, -0.1) is 5.10 Å². The van der Waals surface area contributed by atoms with E-state index < -0.39 is 0 Å². The lowest BCUT2D eigenvalue weighted by Gasteiger charge is -2.03. The van der Waals surface area contributed by atoms with Crippen molar-refractivity contribution >= 4 is 6.01 Å². The predicted octanol–water partition coefficient (Wildman–Crippen LogP) is 1.36. The average molecular weight is 233 g/mol. The number of hydrogen-bond acceptors (Lipinski definition) is 6. The van der Waals surface area contributed by atoms with Crippen LogP contribution in [-0.2, 0) is 6.54 Å². The molecule has 0 spiro atoms. The summed E-state index contributed by atoms with van der Waals surface area (Å²) >= 11 is 0. The monoisotopic (exact) mass is 233 g/mol. The molecule has 0 aliphatic heterocycles. The lowest BCUT2D eigenvalue weighted by Crippen LogP contribution is -2.12. The smallest absolute Gasteiger partial charge is 0.315 e. The molecule has 0 radical (unpaired) electrons. The molecule has 2 aromatic heterocycles. The Bertz CT molecular complexity index is 456. The maximum Gasteiger partial charge on any atom is 0.315 e. The minimum atomic E-state index is 0.0523. The van der Waals surface area contributed by atoms with Crippen LogP contribution in [0, 0.1) is 0 Å². The van der Waals surface area contributed by atoms with Gasteiger partial charge in [-0.2, -0.15) is 0 Å². The highest BCUT2D eigenvalue weighted by Gasteiger charge is 2.11. The van der Waals surface area contributed by atoms with Crippen molar-refractivity contribution in [3.63, 3.8) is 0 Å². The van der Waals surface area contributed by atoms with Gasteiger partial charge in [-0.3, -0.25) is 4.98 Å². The molecule has 0 fully saturated rings. The van der Waals surface area contributed by atoms with Gasteiger partial charge in [0, 0.05) is 18.9 Å². The van der Waals surface area contributed by atoms with Crippen molar-refractivity contribution in [3.8, 4) is 0 Å². The quantitative estimate of drug-likeness (QED) is 0.812. The van der Waals surface area contributed by atoms with Crippen LogP contribution in [0.15, 0.2) is 28.9 Å². The van der Waals surface area contributed by atoms with Crippen LogP contribution >= 0.6 is 0 Å². The summed E-state index contributed by atoms with van der Waals surface area (Å²) in [5.41, 5.74) is 1.06. The molecule has 0 aromatic carbocycles. The van der Waals surface area contributed by atoms with Crippen molar-refractivity contribution in [2.45, 2.75) is 19.5 Å². The van der Waals surface area contributed by atoms with E-state index in [9.17, 15) is 0 Å². The van der Waals surface area contributed by atoms with E-state index in [1.807, 2.05) is 26.1 Å². The van der Waals surface area contributed by atoms with E-state index in [0.29, 0.717) is 18.5 Å². The molecule has 2 aromatic rings. The summed E-state index contributed by atoms with van der Waals surface area (Å²) in [4.78, 5) is 4.03. The first-order valence-corrected chi connectivity index (χ1v) is 5.43. The Morgan fingerprint density at radius 1 is 1.41 bits per heavy atom. The third kappa shape index (κ3) is 3.01. The largest absolute Gasteiger partial charge is 0.406 e. The molecule has 2 heterocycles. The van der Waals surface area contributed by atoms with Crippen molar-refractivity contribution in [2.24, 2.45) is 0 Å². The summed E-state index contributed by atoms with van der Waals surface area (Å²) in [5, 5.41) is 13.9. The Kier molecular flexibility index (Phi) is 3.66. The van der Waals surface area contributed by atoms with E-state index >= 15 is 0 Å². The molecule has 1 atom stereocenters. The molecular weight excluding hydrogens is 218 g/mol. The molecule has 0 amide bonds. The molecule has 17 heavy (non-hydrogen) atoms. The van der Waals surface area contributed by atoms with Gasteiger partial charge in [-0.1, -0.05) is 11.2 Å². The molecule has 0 aliphatic rings. The van der Waals surface area contributed by atoms with Crippen LogP contribution in [0.1, 0.15) is 24.4 Å². The fraction of sp³-hybridized carbons (Fsp3) is 0.364. The van der Waals surface area contributed by atoms with Crippen molar-refractivity contribution < 1.29 is 4.42 Å². The third-order valence-corrected chi connectivity index (χ3v) is 2.41. The molecule has 0 saturated carbocycles. The Labute approximate surface area is 99.5 Å². The van der Waals surface area contributed by atoms with Crippen molar-refractivity contribution in [3.05, 3.63) is 36.0 Å². The Morgan fingerprint density at radius 3 is 3.00 bits per heavy atom. The second-order valence-electron chi connectivity index (χ2n) is 3.67. The number of pyridine rings is 1. The third-order valence-electron chi connectivity index (χ3n) is 2.41. The lowest BCUT2D eigenvalue weighted by molar-refractivity contribution is 0.441. The summed E-state index contributed by atoms with van der Waals surface area (Å²) in [7, 11) is 1.84. The minimum absolute atomic E-state index is 0.0523. The summed E-state index contributed by atoms with van der Waals surface area (Å²) in [5.74, 6) is 0.571. The van der Waals surface area contributed by atoms with Crippen LogP contribution < -0.4 is 10.6 Å². The first kappa shape index (κ1) is 11.5. The van der Waals surface area contributed by atoms with Crippen molar-refractivity contribution in [1.29, 1.82) is 0 Å². The zero-order chi connectivity index (χ0) is 12.1. The number of rotatable bonds is 5. The number of aromatic nitrogens is 3. The van der Waals surface area contributed by atoms with Gasteiger partial charge >= 0.3 is 6.01 Å². The highest BCUT2D eigenvalue weighted by atomic mass is 16.4. The maximum atomic E-state index is 5.44. The summed E-state index contributed by atoms with van der Waals surface area (Å²) in [6.07, 6.45) is 3.53. The molecule has 90 valence electrons. The van der Waals surface area contributed by atoms with Gasteiger partial charge in [0.1, 0.15) is 0 Å². The zero-order valence-electron chi connectivity index (χ0n) is 9.84. The molecule has 0 aliphatic carbocycles. The molecule has 0 saturated heterocycles.